The summed E-state index contributed by atoms with van der Waals surface area (Å²) in [6.07, 6.45) is 4.06. The molecule has 0 radical (unpaired) electrons. The number of aryl methyl sites for hydroxylation is 2. The van der Waals surface area contributed by atoms with Gasteiger partial charge in [0.1, 0.15) is 6.54 Å². The molecule has 5 rings (SSSR count). The Morgan fingerprint density at radius 2 is 1.71 bits per heavy atom. The molecule has 2 aromatic heterocycles. The zero-order valence-electron chi connectivity index (χ0n) is 22.1. The van der Waals surface area contributed by atoms with Crippen LogP contribution in [-0.2, 0) is 11.3 Å². The lowest BCUT2D eigenvalue weighted by atomic mass is 10.1. The molecule has 2 amide bonds. The van der Waals surface area contributed by atoms with Crippen LogP contribution in [0.15, 0.2) is 46.0 Å². The number of fused-ring (bicyclic) bond motifs is 3. The van der Waals surface area contributed by atoms with E-state index in [-0.39, 0.29) is 41.4 Å². The normalized spacial score (nSPS) is 14.0. The van der Waals surface area contributed by atoms with E-state index in [9.17, 15) is 19.2 Å². The summed E-state index contributed by atoms with van der Waals surface area (Å²) in [7, 11) is 0. The lowest BCUT2D eigenvalue weighted by Gasteiger charge is -2.14. The number of hydrogen-bond donors (Lipinski definition) is 2. The van der Waals surface area contributed by atoms with Gasteiger partial charge in [-0.1, -0.05) is 18.9 Å². The van der Waals surface area contributed by atoms with Crippen LogP contribution >= 0.6 is 0 Å². The molecule has 1 saturated carbocycles. The molecule has 0 atom stereocenters. The second kappa shape index (κ2) is 9.92. The van der Waals surface area contributed by atoms with E-state index in [2.05, 4.69) is 15.7 Å². The fourth-order valence-corrected chi connectivity index (χ4v) is 5.31. The molecule has 10 nitrogen and oxygen atoms in total. The Morgan fingerprint density at radius 1 is 1.03 bits per heavy atom. The number of carbonyl (C=O) groups is 2. The van der Waals surface area contributed by atoms with E-state index in [1.165, 1.54) is 8.97 Å². The van der Waals surface area contributed by atoms with E-state index in [1.54, 1.807) is 18.2 Å². The Labute approximate surface area is 219 Å². The van der Waals surface area contributed by atoms with Crippen molar-refractivity contribution in [3.05, 3.63) is 73.9 Å². The first-order chi connectivity index (χ1) is 18.1. The van der Waals surface area contributed by atoms with Crippen molar-refractivity contribution in [1.29, 1.82) is 0 Å². The third-order valence-corrected chi connectivity index (χ3v) is 6.99. The maximum absolute atomic E-state index is 13.6. The van der Waals surface area contributed by atoms with Crippen LogP contribution in [0.25, 0.3) is 16.7 Å². The average molecular weight is 517 g/mol. The molecule has 2 aromatic carbocycles. The molecule has 0 bridgehead atoms. The Balaban J connectivity index is 1.57. The van der Waals surface area contributed by atoms with Crippen LogP contribution in [0.3, 0.4) is 0 Å². The van der Waals surface area contributed by atoms with Gasteiger partial charge in [0.2, 0.25) is 11.7 Å². The van der Waals surface area contributed by atoms with Crippen LogP contribution in [0.2, 0.25) is 0 Å². The van der Waals surface area contributed by atoms with Gasteiger partial charge in [0, 0.05) is 23.3 Å². The molecule has 4 aromatic rings. The van der Waals surface area contributed by atoms with Gasteiger partial charge in [0.05, 0.1) is 10.9 Å². The summed E-state index contributed by atoms with van der Waals surface area (Å²) in [5.41, 5.74) is 2.40. The Morgan fingerprint density at radius 3 is 2.37 bits per heavy atom. The van der Waals surface area contributed by atoms with Gasteiger partial charge in [-0.15, -0.1) is 5.10 Å². The fourth-order valence-electron chi connectivity index (χ4n) is 5.31. The summed E-state index contributed by atoms with van der Waals surface area (Å²) in [6.45, 7) is 7.20. The van der Waals surface area contributed by atoms with Crippen LogP contribution in [-0.4, -0.2) is 36.6 Å². The Bertz CT molecular complexity index is 1670. The first-order valence-corrected chi connectivity index (χ1v) is 13.0. The van der Waals surface area contributed by atoms with Gasteiger partial charge in [-0.3, -0.25) is 19.0 Å². The quantitative estimate of drug-likeness (QED) is 0.408. The lowest BCUT2D eigenvalue weighted by Crippen LogP contribution is -2.33. The predicted octanol–water partition coefficient (Wildman–Crippen LogP) is 3.32. The molecular weight excluding hydrogens is 484 g/mol. The molecule has 0 spiro atoms. The third-order valence-electron chi connectivity index (χ3n) is 6.99. The average Bonchev–Trinajstić information content (AvgIpc) is 3.46. The first-order valence-electron chi connectivity index (χ1n) is 13.0. The minimum absolute atomic E-state index is 0.120. The van der Waals surface area contributed by atoms with E-state index in [0.29, 0.717) is 16.6 Å². The van der Waals surface area contributed by atoms with Gasteiger partial charge in [-0.25, -0.2) is 13.9 Å². The number of nitrogens with zero attached hydrogens (tertiary/aromatic N) is 4. The van der Waals surface area contributed by atoms with Gasteiger partial charge in [-0.2, -0.15) is 0 Å². The van der Waals surface area contributed by atoms with Gasteiger partial charge in [-0.05, 0) is 82.0 Å². The summed E-state index contributed by atoms with van der Waals surface area (Å²) in [4.78, 5) is 52.8. The summed E-state index contributed by atoms with van der Waals surface area (Å²) in [5.74, 6) is -0.539. The first kappa shape index (κ1) is 25.4. The van der Waals surface area contributed by atoms with Crippen molar-refractivity contribution >= 4 is 34.2 Å². The molecule has 1 aliphatic rings. The molecule has 38 heavy (non-hydrogen) atoms. The molecule has 0 saturated heterocycles. The topological polar surface area (TPSA) is 120 Å². The van der Waals surface area contributed by atoms with Gasteiger partial charge >= 0.3 is 5.69 Å². The van der Waals surface area contributed by atoms with Crippen LogP contribution in [0.1, 0.15) is 67.1 Å². The second-order valence-corrected chi connectivity index (χ2v) is 10.5. The number of benzene rings is 2. The van der Waals surface area contributed by atoms with E-state index in [4.69, 9.17) is 0 Å². The Hall–Kier alpha value is -4.21. The van der Waals surface area contributed by atoms with Crippen molar-refractivity contribution in [2.75, 3.05) is 5.32 Å². The third kappa shape index (κ3) is 4.73. The smallest absolute Gasteiger partial charge is 0.349 e. The van der Waals surface area contributed by atoms with Crippen molar-refractivity contribution < 1.29 is 9.59 Å². The van der Waals surface area contributed by atoms with E-state index >= 15 is 0 Å². The van der Waals surface area contributed by atoms with Gasteiger partial charge in [0.15, 0.2) is 0 Å². The summed E-state index contributed by atoms with van der Waals surface area (Å²) in [6, 6.07) is 10.3. The highest BCUT2D eigenvalue weighted by Crippen LogP contribution is 2.20. The van der Waals surface area contributed by atoms with Crippen LogP contribution < -0.4 is 21.9 Å². The number of carbonyl (C=O) groups excluding carboxylic acids is 2. The lowest BCUT2D eigenvalue weighted by molar-refractivity contribution is -0.117. The van der Waals surface area contributed by atoms with Crippen LogP contribution in [0.5, 0.6) is 0 Å². The summed E-state index contributed by atoms with van der Waals surface area (Å²) < 4.78 is 3.80. The molecule has 0 unspecified atom stereocenters. The molecule has 1 aliphatic carbocycles. The maximum Gasteiger partial charge on any atom is 0.352 e. The van der Waals surface area contributed by atoms with E-state index in [0.717, 1.165) is 41.5 Å². The highest BCUT2D eigenvalue weighted by atomic mass is 16.2. The minimum Gasteiger partial charge on any atom is -0.349 e. The summed E-state index contributed by atoms with van der Waals surface area (Å²) >= 11 is 0. The molecule has 10 heteroatoms. The second-order valence-electron chi connectivity index (χ2n) is 10.5. The molecule has 2 heterocycles. The monoisotopic (exact) mass is 516 g/mol. The van der Waals surface area contributed by atoms with E-state index in [1.807, 2.05) is 45.9 Å². The van der Waals surface area contributed by atoms with Crippen molar-refractivity contribution in [3.8, 4) is 0 Å². The maximum atomic E-state index is 13.6. The number of nitrogens with one attached hydrogen (secondary N) is 2. The fraction of sp³-hybridized carbons (Fsp3) is 0.393. The van der Waals surface area contributed by atoms with Gasteiger partial charge < -0.3 is 10.6 Å². The number of amides is 2. The largest absolute Gasteiger partial charge is 0.352 e. The van der Waals surface area contributed by atoms with Crippen molar-refractivity contribution in [1.82, 2.24) is 24.1 Å². The van der Waals surface area contributed by atoms with Crippen molar-refractivity contribution in [2.24, 2.45) is 0 Å². The van der Waals surface area contributed by atoms with Gasteiger partial charge in [0.25, 0.3) is 11.5 Å². The molecule has 198 valence electrons. The zero-order valence-corrected chi connectivity index (χ0v) is 22.1. The Kier molecular flexibility index (Phi) is 6.64. The van der Waals surface area contributed by atoms with Crippen LogP contribution in [0, 0.1) is 13.8 Å². The van der Waals surface area contributed by atoms with E-state index < -0.39 is 11.6 Å². The molecule has 0 aliphatic heterocycles. The SMILES string of the molecule is Cc1cc(C)cc(NC(=O)Cn2nc3n(C(C)C)c(=O)c4ccc(C(=O)NC5CCCC5)cc4n3c2=O)c1. The summed E-state index contributed by atoms with van der Waals surface area (Å²) in [5, 5.41) is 10.5. The van der Waals surface area contributed by atoms with Crippen LogP contribution in [0.4, 0.5) is 5.69 Å². The molecule has 2 N–H and O–H groups in total. The molecular formula is C28H32N6O4. The molecule has 1 fully saturated rings. The number of rotatable bonds is 6. The number of hydrogen-bond acceptors (Lipinski definition) is 5. The standard InChI is InChI=1S/C28H32N6O4/c1-16(2)33-26(37)22-10-9-19(25(36)30-20-7-5-6-8-20)14-23(22)34-27(33)31-32(28(34)38)15-24(35)29-21-12-17(3)11-18(4)13-21/h9-14,16,20H,5-8,15H2,1-4H3,(H,29,35)(H,30,36). The number of anilines is 1. The minimum atomic E-state index is -0.566. The highest BCUT2D eigenvalue weighted by molar-refractivity contribution is 5.98. The predicted molar refractivity (Wildman–Crippen MR) is 146 cm³/mol. The number of aromatic nitrogens is 4. The highest BCUT2D eigenvalue weighted by Gasteiger charge is 2.22. The van der Waals surface area contributed by atoms with Crippen molar-refractivity contribution in [3.63, 3.8) is 0 Å². The zero-order chi connectivity index (χ0) is 27.1. The van der Waals surface area contributed by atoms with Crippen molar-refractivity contribution in [2.45, 2.75) is 72.0 Å².